The van der Waals surface area contributed by atoms with Crippen molar-refractivity contribution in [2.45, 2.75) is 6.18 Å². The maximum absolute atomic E-state index is 12.6. The van der Waals surface area contributed by atoms with Gasteiger partial charge in [0.1, 0.15) is 0 Å². The number of Topliss-reactive ketones (excluding diaryl/α,β-unsaturated/α-hetero) is 1. The molecule has 0 amide bonds. The third-order valence-corrected chi connectivity index (χ3v) is 2.82. The van der Waals surface area contributed by atoms with E-state index < -0.39 is 24.2 Å². The van der Waals surface area contributed by atoms with E-state index in [-0.39, 0.29) is 16.9 Å². The summed E-state index contributed by atoms with van der Waals surface area (Å²) in [7, 11) is 0. The molecule has 0 spiro atoms. The Balaban J connectivity index is 2.33. The number of halogens is 4. The molecule has 0 bridgehead atoms. The van der Waals surface area contributed by atoms with Crippen LogP contribution in [0.5, 0.6) is 0 Å². The highest BCUT2D eigenvalue weighted by Crippen LogP contribution is 2.31. The van der Waals surface area contributed by atoms with Crippen molar-refractivity contribution in [1.29, 1.82) is 0 Å². The van der Waals surface area contributed by atoms with Gasteiger partial charge in [-0.15, -0.1) is 0 Å². The van der Waals surface area contributed by atoms with Crippen molar-refractivity contribution >= 4 is 17.2 Å². The topological polar surface area (TPSA) is 29.1 Å². The quantitative estimate of drug-likeness (QED) is 0.660. The number of carbonyl (C=O) groups is 1. The third kappa shape index (κ3) is 3.59. The minimum atomic E-state index is -4.45. The Morgan fingerprint density at radius 1 is 1.05 bits per heavy atom. The fourth-order valence-corrected chi connectivity index (χ4v) is 1.84. The Morgan fingerprint density at radius 3 is 2.43 bits per heavy atom. The van der Waals surface area contributed by atoms with Crippen LogP contribution in [0.1, 0.15) is 15.9 Å². The molecule has 1 N–H and O–H groups in total. The van der Waals surface area contributed by atoms with Crippen LogP contribution in [-0.4, -0.2) is 12.5 Å². The van der Waals surface area contributed by atoms with Crippen LogP contribution in [-0.2, 0) is 6.18 Å². The van der Waals surface area contributed by atoms with E-state index in [2.05, 4.69) is 5.32 Å². The van der Waals surface area contributed by atoms with Crippen molar-refractivity contribution in [3.05, 3.63) is 59.7 Å². The molecule has 0 aliphatic heterocycles. The first-order valence-corrected chi connectivity index (χ1v) is 6.04. The first-order valence-electron chi connectivity index (χ1n) is 6.04. The summed E-state index contributed by atoms with van der Waals surface area (Å²) < 4.78 is 50.4. The summed E-state index contributed by atoms with van der Waals surface area (Å²) in [5.74, 6) is -0.731. The number of para-hydroxylation sites is 1. The second-order valence-electron chi connectivity index (χ2n) is 4.31. The number of hydrogen-bond acceptors (Lipinski definition) is 2. The Kier molecular flexibility index (Phi) is 4.26. The predicted molar refractivity (Wildman–Crippen MR) is 71.5 cm³/mol. The van der Waals surface area contributed by atoms with E-state index in [1.54, 1.807) is 12.1 Å². The molecular formula is C15H11F4NO. The number of benzene rings is 2. The summed E-state index contributed by atoms with van der Waals surface area (Å²) in [6.07, 6.45) is -4.45. The zero-order valence-corrected chi connectivity index (χ0v) is 10.7. The highest BCUT2D eigenvalue weighted by Gasteiger charge is 2.30. The Morgan fingerprint density at radius 2 is 1.76 bits per heavy atom. The first-order chi connectivity index (χ1) is 9.91. The van der Waals surface area contributed by atoms with Crippen molar-refractivity contribution in [1.82, 2.24) is 0 Å². The number of rotatable bonds is 4. The molecule has 2 nitrogen and oxygen atoms in total. The second-order valence-corrected chi connectivity index (χ2v) is 4.31. The maximum Gasteiger partial charge on any atom is 0.416 e. The summed E-state index contributed by atoms with van der Waals surface area (Å²) in [6, 6.07) is 10.6. The van der Waals surface area contributed by atoms with E-state index in [0.29, 0.717) is 0 Å². The lowest BCUT2D eigenvalue weighted by Gasteiger charge is -2.12. The molecule has 110 valence electrons. The molecule has 0 aliphatic rings. The normalized spacial score (nSPS) is 11.2. The zero-order valence-electron chi connectivity index (χ0n) is 10.7. The van der Waals surface area contributed by atoms with Crippen LogP contribution >= 0.6 is 0 Å². The van der Waals surface area contributed by atoms with Crippen molar-refractivity contribution in [3.8, 4) is 0 Å². The van der Waals surface area contributed by atoms with Crippen LogP contribution in [0.4, 0.5) is 28.9 Å². The average Bonchev–Trinajstić information content (AvgIpc) is 2.46. The van der Waals surface area contributed by atoms with Crippen LogP contribution in [0.3, 0.4) is 0 Å². The van der Waals surface area contributed by atoms with Gasteiger partial charge in [0, 0.05) is 16.9 Å². The molecule has 0 radical (unpaired) electrons. The molecule has 0 aromatic heterocycles. The van der Waals surface area contributed by atoms with E-state index in [0.717, 1.165) is 12.1 Å². The van der Waals surface area contributed by atoms with Crippen LogP contribution in [0.25, 0.3) is 0 Å². The molecule has 0 aliphatic carbocycles. The standard InChI is InChI=1S/C15H11F4NO/c16-9-14(21)12-6-1-2-7-13(12)20-11-5-3-4-10(8-11)15(17,18)19/h1-8,20H,9H2. The van der Waals surface area contributed by atoms with E-state index in [1.807, 2.05) is 0 Å². The van der Waals surface area contributed by atoms with Gasteiger partial charge in [-0.25, -0.2) is 4.39 Å². The van der Waals surface area contributed by atoms with Crippen LogP contribution < -0.4 is 5.32 Å². The van der Waals surface area contributed by atoms with Gasteiger partial charge in [0.15, 0.2) is 12.5 Å². The Hall–Kier alpha value is -2.37. The molecule has 0 heterocycles. The summed E-state index contributed by atoms with van der Waals surface area (Å²) >= 11 is 0. The largest absolute Gasteiger partial charge is 0.416 e. The van der Waals surface area contributed by atoms with Crippen molar-refractivity contribution < 1.29 is 22.4 Å². The van der Waals surface area contributed by atoms with Crippen LogP contribution in [0, 0.1) is 0 Å². The number of ketones is 1. The van der Waals surface area contributed by atoms with Gasteiger partial charge in [-0.1, -0.05) is 18.2 Å². The van der Waals surface area contributed by atoms with Crippen molar-refractivity contribution in [2.75, 3.05) is 12.0 Å². The minimum absolute atomic E-state index is 0.0948. The molecule has 2 aromatic carbocycles. The van der Waals surface area contributed by atoms with Gasteiger partial charge in [0.05, 0.1) is 5.56 Å². The molecule has 21 heavy (non-hydrogen) atoms. The maximum atomic E-state index is 12.6. The summed E-state index contributed by atoms with van der Waals surface area (Å²) in [5, 5.41) is 2.71. The average molecular weight is 297 g/mol. The first kappa shape index (κ1) is 15.0. The second kappa shape index (κ2) is 5.95. The lowest BCUT2D eigenvalue weighted by molar-refractivity contribution is -0.137. The SMILES string of the molecule is O=C(CF)c1ccccc1Nc1cccc(C(F)(F)F)c1. The Labute approximate surface area is 118 Å². The van der Waals surface area contributed by atoms with Gasteiger partial charge in [0.25, 0.3) is 0 Å². The van der Waals surface area contributed by atoms with Gasteiger partial charge < -0.3 is 5.32 Å². The van der Waals surface area contributed by atoms with E-state index in [9.17, 15) is 22.4 Å². The predicted octanol–water partition coefficient (Wildman–Crippen LogP) is 4.60. The molecule has 2 rings (SSSR count). The minimum Gasteiger partial charge on any atom is -0.355 e. The molecule has 0 saturated carbocycles. The van der Waals surface area contributed by atoms with Gasteiger partial charge in [-0.05, 0) is 30.3 Å². The molecule has 6 heteroatoms. The number of alkyl halides is 4. The molecule has 0 atom stereocenters. The van der Waals surface area contributed by atoms with E-state index >= 15 is 0 Å². The molecular weight excluding hydrogens is 286 g/mol. The number of carbonyl (C=O) groups excluding carboxylic acids is 1. The van der Waals surface area contributed by atoms with Gasteiger partial charge in [-0.2, -0.15) is 13.2 Å². The molecule has 0 fully saturated rings. The lowest BCUT2D eigenvalue weighted by Crippen LogP contribution is -2.07. The monoisotopic (exact) mass is 297 g/mol. The molecule has 2 aromatic rings. The van der Waals surface area contributed by atoms with E-state index in [1.165, 1.54) is 24.3 Å². The zero-order chi connectivity index (χ0) is 15.5. The smallest absolute Gasteiger partial charge is 0.355 e. The van der Waals surface area contributed by atoms with Gasteiger partial charge >= 0.3 is 6.18 Å². The van der Waals surface area contributed by atoms with E-state index in [4.69, 9.17) is 0 Å². The molecule has 0 saturated heterocycles. The number of nitrogens with one attached hydrogen (secondary N) is 1. The Bertz CT molecular complexity index is 652. The fourth-order valence-electron chi connectivity index (χ4n) is 1.84. The lowest BCUT2D eigenvalue weighted by atomic mass is 10.1. The molecule has 0 unspecified atom stereocenters. The summed E-state index contributed by atoms with van der Waals surface area (Å²) in [5.41, 5.74) is -0.275. The number of anilines is 2. The highest BCUT2D eigenvalue weighted by molar-refractivity contribution is 6.02. The van der Waals surface area contributed by atoms with Crippen molar-refractivity contribution in [3.63, 3.8) is 0 Å². The van der Waals surface area contributed by atoms with Crippen molar-refractivity contribution in [2.24, 2.45) is 0 Å². The fraction of sp³-hybridized carbons (Fsp3) is 0.133. The van der Waals surface area contributed by atoms with Gasteiger partial charge in [0.2, 0.25) is 0 Å². The van der Waals surface area contributed by atoms with Crippen LogP contribution in [0.15, 0.2) is 48.5 Å². The summed E-state index contributed by atoms with van der Waals surface area (Å²) in [6.45, 7) is -1.17. The highest BCUT2D eigenvalue weighted by atomic mass is 19.4. The number of hydrogen-bond donors (Lipinski definition) is 1. The third-order valence-electron chi connectivity index (χ3n) is 2.82. The summed E-state index contributed by atoms with van der Waals surface area (Å²) in [4.78, 5) is 11.5. The van der Waals surface area contributed by atoms with Gasteiger partial charge in [-0.3, -0.25) is 4.79 Å². The van der Waals surface area contributed by atoms with Crippen LogP contribution in [0.2, 0.25) is 0 Å².